The van der Waals surface area contributed by atoms with Gasteiger partial charge in [0.2, 0.25) is 0 Å². The summed E-state index contributed by atoms with van der Waals surface area (Å²) in [7, 11) is 0. The number of nitrogens with zero attached hydrogens (tertiary/aromatic N) is 1. The summed E-state index contributed by atoms with van der Waals surface area (Å²) < 4.78 is 0. The van der Waals surface area contributed by atoms with E-state index in [2.05, 4.69) is 17.6 Å². The molecule has 0 unspecified atom stereocenters. The molecular weight excluding hydrogens is 242 g/mol. The van der Waals surface area contributed by atoms with Crippen molar-refractivity contribution in [3.63, 3.8) is 0 Å². The first kappa shape index (κ1) is 13.5. The minimum Gasteiger partial charge on any atom is -0.332 e. The van der Waals surface area contributed by atoms with Gasteiger partial charge in [-0.25, -0.2) is 0 Å². The van der Waals surface area contributed by atoms with Crippen LogP contribution in [0.15, 0.2) is 24.3 Å². The minimum absolute atomic E-state index is 0.457. The van der Waals surface area contributed by atoms with Crippen LogP contribution in [0.4, 0.5) is 5.69 Å². The van der Waals surface area contributed by atoms with Crippen LogP contribution in [0.1, 0.15) is 12.5 Å². The van der Waals surface area contributed by atoms with Gasteiger partial charge in [-0.05, 0) is 24.1 Å². The largest absolute Gasteiger partial charge is 0.332 e. The summed E-state index contributed by atoms with van der Waals surface area (Å²) in [5, 5.41) is 5.79. The summed E-state index contributed by atoms with van der Waals surface area (Å²) in [6.45, 7) is 4.72. The number of piperazine rings is 1. The normalized spacial score (nSPS) is 15.1. The molecule has 0 atom stereocenters. The Morgan fingerprint density at radius 3 is 2.42 bits per heavy atom. The lowest BCUT2D eigenvalue weighted by Crippen LogP contribution is -2.49. The van der Waals surface area contributed by atoms with Gasteiger partial charge in [-0.1, -0.05) is 19.1 Å². The molecule has 102 valence electrons. The van der Waals surface area contributed by atoms with Crippen molar-refractivity contribution >= 4 is 17.5 Å². The zero-order valence-corrected chi connectivity index (χ0v) is 11.1. The van der Waals surface area contributed by atoms with Gasteiger partial charge < -0.3 is 15.5 Å². The van der Waals surface area contributed by atoms with Crippen LogP contribution in [0.5, 0.6) is 0 Å². The number of benzene rings is 1. The Bertz CT molecular complexity index is 450. The van der Waals surface area contributed by atoms with Crippen LogP contribution >= 0.6 is 0 Å². The van der Waals surface area contributed by atoms with Crippen molar-refractivity contribution in [3.8, 4) is 0 Å². The summed E-state index contributed by atoms with van der Waals surface area (Å²) in [5.74, 6) is -1.02. The third kappa shape index (κ3) is 3.54. The van der Waals surface area contributed by atoms with E-state index in [1.54, 1.807) is 4.90 Å². The zero-order chi connectivity index (χ0) is 13.7. The van der Waals surface area contributed by atoms with Gasteiger partial charge in [-0.15, -0.1) is 0 Å². The Balaban J connectivity index is 1.93. The van der Waals surface area contributed by atoms with Gasteiger partial charge in [0, 0.05) is 31.9 Å². The van der Waals surface area contributed by atoms with E-state index in [-0.39, 0.29) is 0 Å². The average Bonchev–Trinajstić information content (AvgIpc) is 2.48. The van der Waals surface area contributed by atoms with Gasteiger partial charge in [0.15, 0.2) is 0 Å². The van der Waals surface area contributed by atoms with E-state index in [1.165, 1.54) is 5.56 Å². The molecule has 0 radical (unpaired) electrons. The fourth-order valence-corrected chi connectivity index (χ4v) is 2.02. The molecule has 0 spiro atoms. The SMILES string of the molecule is CCc1ccc(NC(=O)C(=O)N2CCNCC2)cc1. The van der Waals surface area contributed by atoms with Gasteiger partial charge >= 0.3 is 11.8 Å². The Morgan fingerprint density at radius 1 is 1.21 bits per heavy atom. The Labute approximate surface area is 113 Å². The van der Waals surface area contributed by atoms with E-state index >= 15 is 0 Å². The minimum atomic E-state index is -0.564. The highest BCUT2D eigenvalue weighted by Crippen LogP contribution is 2.10. The summed E-state index contributed by atoms with van der Waals surface area (Å²) in [5.41, 5.74) is 1.86. The molecule has 1 aliphatic rings. The van der Waals surface area contributed by atoms with E-state index in [1.807, 2.05) is 24.3 Å². The van der Waals surface area contributed by atoms with Crippen molar-refractivity contribution in [1.82, 2.24) is 10.2 Å². The average molecular weight is 261 g/mol. The van der Waals surface area contributed by atoms with Crippen LogP contribution in [0.25, 0.3) is 0 Å². The molecule has 19 heavy (non-hydrogen) atoms. The number of nitrogens with one attached hydrogen (secondary N) is 2. The molecule has 1 aromatic carbocycles. The molecule has 2 rings (SSSR count). The number of hydrogen-bond acceptors (Lipinski definition) is 3. The van der Waals surface area contributed by atoms with Gasteiger partial charge in [0.25, 0.3) is 0 Å². The highest BCUT2D eigenvalue weighted by atomic mass is 16.2. The van der Waals surface area contributed by atoms with Gasteiger partial charge in [-0.2, -0.15) is 0 Å². The fourth-order valence-electron chi connectivity index (χ4n) is 2.02. The smallest absolute Gasteiger partial charge is 0.313 e. The lowest BCUT2D eigenvalue weighted by molar-refractivity contribution is -0.143. The molecule has 1 aromatic rings. The number of aryl methyl sites for hydroxylation is 1. The highest BCUT2D eigenvalue weighted by Gasteiger charge is 2.22. The maximum Gasteiger partial charge on any atom is 0.313 e. The number of amides is 2. The van der Waals surface area contributed by atoms with Crippen LogP contribution in [-0.2, 0) is 16.0 Å². The molecular formula is C14H19N3O2. The second-order valence-electron chi connectivity index (χ2n) is 4.55. The Kier molecular flexibility index (Phi) is 4.52. The van der Waals surface area contributed by atoms with Crippen molar-refractivity contribution in [2.45, 2.75) is 13.3 Å². The quantitative estimate of drug-likeness (QED) is 0.767. The zero-order valence-electron chi connectivity index (χ0n) is 11.1. The van der Waals surface area contributed by atoms with Crippen molar-refractivity contribution in [2.75, 3.05) is 31.5 Å². The summed E-state index contributed by atoms with van der Waals surface area (Å²) in [6.07, 6.45) is 0.952. The van der Waals surface area contributed by atoms with Crippen LogP contribution in [0, 0.1) is 0 Å². The molecule has 1 fully saturated rings. The van der Waals surface area contributed by atoms with Crippen LogP contribution < -0.4 is 10.6 Å². The summed E-state index contributed by atoms with van der Waals surface area (Å²) in [6, 6.07) is 7.54. The third-order valence-corrected chi connectivity index (χ3v) is 3.22. The monoisotopic (exact) mass is 261 g/mol. The van der Waals surface area contributed by atoms with Crippen molar-refractivity contribution in [3.05, 3.63) is 29.8 Å². The highest BCUT2D eigenvalue weighted by molar-refractivity contribution is 6.39. The van der Waals surface area contributed by atoms with Gasteiger partial charge in [0.05, 0.1) is 0 Å². The van der Waals surface area contributed by atoms with Crippen molar-refractivity contribution < 1.29 is 9.59 Å². The third-order valence-electron chi connectivity index (χ3n) is 3.22. The topological polar surface area (TPSA) is 61.4 Å². The predicted molar refractivity (Wildman–Crippen MR) is 73.9 cm³/mol. The number of rotatable bonds is 2. The van der Waals surface area contributed by atoms with E-state index < -0.39 is 11.8 Å². The molecule has 0 saturated carbocycles. The predicted octanol–water partition coefficient (Wildman–Crippen LogP) is 0.619. The number of carbonyl (C=O) groups is 2. The summed E-state index contributed by atoms with van der Waals surface area (Å²) in [4.78, 5) is 25.3. The maximum absolute atomic E-state index is 11.9. The van der Waals surface area contributed by atoms with E-state index in [0.717, 1.165) is 19.5 Å². The van der Waals surface area contributed by atoms with E-state index in [0.29, 0.717) is 18.8 Å². The second-order valence-corrected chi connectivity index (χ2v) is 4.55. The molecule has 1 aliphatic heterocycles. The fraction of sp³-hybridized carbons (Fsp3) is 0.429. The number of carbonyl (C=O) groups excluding carboxylic acids is 2. The molecule has 0 aliphatic carbocycles. The van der Waals surface area contributed by atoms with E-state index in [9.17, 15) is 9.59 Å². The first-order chi connectivity index (χ1) is 9.20. The lowest BCUT2D eigenvalue weighted by atomic mass is 10.1. The Morgan fingerprint density at radius 2 is 1.84 bits per heavy atom. The molecule has 1 saturated heterocycles. The molecule has 0 aromatic heterocycles. The second kappa shape index (κ2) is 6.33. The van der Waals surface area contributed by atoms with Crippen LogP contribution in [-0.4, -0.2) is 42.9 Å². The molecule has 1 heterocycles. The van der Waals surface area contributed by atoms with E-state index in [4.69, 9.17) is 0 Å². The van der Waals surface area contributed by atoms with Crippen molar-refractivity contribution in [1.29, 1.82) is 0 Å². The van der Waals surface area contributed by atoms with Crippen LogP contribution in [0.2, 0.25) is 0 Å². The lowest BCUT2D eigenvalue weighted by Gasteiger charge is -2.26. The molecule has 0 bridgehead atoms. The van der Waals surface area contributed by atoms with Crippen LogP contribution in [0.3, 0.4) is 0 Å². The van der Waals surface area contributed by atoms with Crippen molar-refractivity contribution in [2.24, 2.45) is 0 Å². The molecule has 5 heteroatoms. The first-order valence-electron chi connectivity index (χ1n) is 6.60. The standard InChI is InChI=1S/C14H19N3O2/c1-2-11-3-5-12(6-4-11)16-13(18)14(19)17-9-7-15-8-10-17/h3-6,15H,2,7-10H2,1H3,(H,16,18). The first-order valence-corrected chi connectivity index (χ1v) is 6.60. The summed E-state index contributed by atoms with van der Waals surface area (Å²) >= 11 is 0. The molecule has 2 N–H and O–H groups in total. The Hall–Kier alpha value is -1.88. The molecule has 5 nitrogen and oxygen atoms in total. The number of hydrogen-bond donors (Lipinski definition) is 2. The van der Waals surface area contributed by atoms with Gasteiger partial charge in [0.1, 0.15) is 0 Å². The molecule has 2 amide bonds. The maximum atomic E-state index is 11.9. The van der Waals surface area contributed by atoms with Gasteiger partial charge in [-0.3, -0.25) is 9.59 Å². The number of anilines is 1.